The third-order valence-corrected chi connectivity index (χ3v) is 4.63. The van der Waals surface area contributed by atoms with Crippen molar-refractivity contribution in [2.45, 2.75) is 12.8 Å². The van der Waals surface area contributed by atoms with Crippen molar-refractivity contribution in [1.29, 1.82) is 0 Å². The van der Waals surface area contributed by atoms with Gasteiger partial charge in [-0.15, -0.1) is 11.3 Å². The van der Waals surface area contributed by atoms with Gasteiger partial charge in [-0.25, -0.2) is 4.98 Å². The quantitative estimate of drug-likeness (QED) is 0.678. The van der Waals surface area contributed by atoms with Crippen LogP contribution in [0, 0.1) is 0 Å². The molecule has 1 aliphatic carbocycles. The third kappa shape index (κ3) is 2.62. The van der Waals surface area contributed by atoms with Gasteiger partial charge in [0.25, 0.3) is 0 Å². The number of aromatic nitrogens is 1. The summed E-state index contributed by atoms with van der Waals surface area (Å²) in [6.07, 6.45) is 8.83. The van der Waals surface area contributed by atoms with Gasteiger partial charge in [-0.05, 0) is 30.5 Å². The minimum atomic E-state index is 0.561. The largest absolute Gasteiger partial charge is 0.244 e. The summed E-state index contributed by atoms with van der Waals surface area (Å²) in [5.41, 5.74) is 5.10. The Hall–Kier alpha value is -1.09. The number of nitrogens with zero attached hydrogens (tertiary/aromatic N) is 1. The Kier molecular flexibility index (Phi) is 3.74. The summed E-state index contributed by atoms with van der Waals surface area (Å²) in [5, 5.41) is 1.13. The van der Waals surface area contributed by atoms with Gasteiger partial charge in [0.2, 0.25) is 0 Å². The van der Waals surface area contributed by atoms with Crippen LogP contribution < -0.4 is 0 Å². The molecule has 0 saturated carbocycles. The lowest BCUT2D eigenvalue weighted by molar-refractivity contribution is 1.04. The second kappa shape index (κ2) is 5.49. The van der Waals surface area contributed by atoms with Gasteiger partial charge in [0, 0.05) is 5.56 Å². The fourth-order valence-corrected chi connectivity index (χ4v) is 3.21. The first kappa shape index (κ1) is 12.9. The Morgan fingerprint density at radius 1 is 1.11 bits per heavy atom. The molecule has 0 fully saturated rings. The normalized spacial score (nSPS) is 14.5. The van der Waals surface area contributed by atoms with Crippen LogP contribution in [0.15, 0.2) is 41.9 Å². The van der Waals surface area contributed by atoms with Crippen molar-refractivity contribution in [2.24, 2.45) is 0 Å². The van der Waals surface area contributed by atoms with Gasteiger partial charge < -0.3 is 0 Å². The van der Waals surface area contributed by atoms with Crippen molar-refractivity contribution in [2.75, 3.05) is 0 Å². The molecule has 4 heteroatoms. The maximum Gasteiger partial charge on any atom is 0.0890 e. The van der Waals surface area contributed by atoms with Gasteiger partial charge in [-0.2, -0.15) is 0 Å². The fraction of sp³-hybridized carbons (Fsp3) is 0.133. The van der Waals surface area contributed by atoms with E-state index in [0.29, 0.717) is 10.0 Å². The van der Waals surface area contributed by atoms with Crippen LogP contribution in [-0.4, -0.2) is 4.98 Å². The third-order valence-electron chi connectivity index (χ3n) is 3.02. The maximum atomic E-state index is 6.08. The lowest BCUT2D eigenvalue weighted by Gasteiger charge is -2.08. The zero-order chi connectivity index (χ0) is 13.2. The molecule has 1 aromatic heterocycles. The summed E-state index contributed by atoms with van der Waals surface area (Å²) in [6, 6.07) is 5.64. The highest BCUT2D eigenvalue weighted by Crippen LogP contribution is 2.35. The molecule has 96 valence electrons. The molecule has 0 aliphatic heterocycles. The summed E-state index contributed by atoms with van der Waals surface area (Å²) in [4.78, 5) is 5.66. The maximum absolute atomic E-state index is 6.08. The first-order valence-electron chi connectivity index (χ1n) is 6.01. The van der Waals surface area contributed by atoms with Gasteiger partial charge >= 0.3 is 0 Å². The molecule has 0 N–H and O–H groups in total. The van der Waals surface area contributed by atoms with Crippen LogP contribution in [0.5, 0.6) is 0 Å². The number of hydrogen-bond donors (Lipinski definition) is 0. The molecular weight excluding hydrogens is 297 g/mol. The minimum Gasteiger partial charge on any atom is -0.244 e. The Bertz CT molecular complexity index is 671. The lowest BCUT2D eigenvalue weighted by Crippen LogP contribution is -1.87. The standard InChI is InChI=1S/C15H11Cl2NS/c16-12-7-6-11(8-13(12)17)14-15(19-9-18-14)10-4-2-1-3-5-10/h2,4-9H,1,3H2. The monoisotopic (exact) mass is 307 g/mol. The molecule has 0 atom stereocenters. The van der Waals surface area contributed by atoms with Crippen molar-refractivity contribution >= 4 is 40.1 Å². The predicted octanol–water partition coefficient (Wildman–Crippen LogP) is 5.85. The van der Waals surface area contributed by atoms with Crippen LogP contribution in [0.4, 0.5) is 0 Å². The van der Waals surface area contributed by atoms with E-state index in [0.717, 1.165) is 24.1 Å². The van der Waals surface area contributed by atoms with Gasteiger partial charge in [0.15, 0.2) is 0 Å². The van der Waals surface area contributed by atoms with E-state index in [1.165, 1.54) is 10.5 Å². The fourth-order valence-electron chi connectivity index (χ4n) is 2.08. The predicted molar refractivity (Wildman–Crippen MR) is 83.9 cm³/mol. The van der Waals surface area contributed by atoms with E-state index in [-0.39, 0.29) is 0 Å². The molecule has 1 aromatic carbocycles. The Morgan fingerprint density at radius 2 is 2.00 bits per heavy atom. The number of allylic oxidation sites excluding steroid dienone is 4. The smallest absolute Gasteiger partial charge is 0.0890 e. The summed E-state index contributed by atoms with van der Waals surface area (Å²) < 4.78 is 0. The molecule has 0 saturated heterocycles. The van der Waals surface area contributed by atoms with Crippen LogP contribution in [0.1, 0.15) is 17.7 Å². The minimum absolute atomic E-state index is 0.561. The van der Waals surface area contributed by atoms with Crippen molar-refractivity contribution in [3.05, 3.63) is 56.9 Å². The van der Waals surface area contributed by atoms with E-state index in [4.69, 9.17) is 23.2 Å². The molecular formula is C15H11Cl2NS. The van der Waals surface area contributed by atoms with Gasteiger partial charge in [0.05, 0.1) is 26.1 Å². The lowest BCUT2D eigenvalue weighted by atomic mass is 10.0. The van der Waals surface area contributed by atoms with Gasteiger partial charge in [-0.3, -0.25) is 0 Å². The second-order valence-corrected chi connectivity index (χ2v) is 5.97. The topological polar surface area (TPSA) is 12.9 Å². The molecule has 0 unspecified atom stereocenters. The van der Waals surface area contributed by atoms with E-state index in [1.807, 2.05) is 23.7 Å². The molecule has 1 nitrogen and oxygen atoms in total. The van der Waals surface area contributed by atoms with Gasteiger partial charge in [-0.1, -0.05) is 47.5 Å². The summed E-state index contributed by atoms with van der Waals surface area (Å²) in [6.45, 7) is 0. The molecule has 0 amide bonds. The average Bonchev–Trinajstić information content (AvgIpc) is 2.92. The van der Waals surface area contributed by atoms with E-state index in [9.17, 15) is 0 Å². The zero-order valence-corrected chi connectivity index (χ0v) is 12.4. The number of benzene rings is 1. The van der Waals surface area contributed by atoms with Gasteiger partial charge in [0.1, 0.15) is 0 Å². The van der Waals surface area contributed by atoms with E-state index < -0.39 is 0 Å². The summed E-state index contributed by atoms with van der Waals surface area (Å²) in [5.74, 6) is 0. The molecule has 19 heavy (non-hydrogen) atoms. The average molecular weight is 308 g/mol. The molecule has 0 spiro atoms. The van der Waals surface area contributed by atoms with Crippen molar-refractivity contribution in [3.8, 4) is 11.3 Å². The van der Waals surface area contributed by atoms with Crippen molar-refractivity contribution in [3.63, 3.8) is 0 Å². The summed E-state index contributed by atoms with van der Waals surface area (Å²) in [7, 11) is 0. The van der Waals surface area contributed by atoms with Crippen molar-refractivity contribution in [1.82, 2.24) is 4.98 Å². The zero-order valence-electron chi connectivity index (χ0n) is 10.1. The molecule has 0 bridgehead atoms. The first-order chi connectivity index (χ1) is 9.25. The molecule has 2 aromatic rings. The molecule has 1 heterocycles. The second-order valence-electron chi connectivity index (χ2n) is 4.30. The van der Waals surface area contributed by atoms with E-state index in [1.54, 1.807) is 11.3 Å². The Morgan fingerprint density at radius 3 is 2.74 bits per heavy atom. The van der Waals surface area contributed by atoms with E-state index in [2.05, 4.69) is 23.2 Å². The van der Waals surface area contributed by atoms with Crippen molar-refractivity contribution < 1.29 is 0 Å². The highest BCUT2D eigenvalue weighted by atomic mass is 35.5. The van der Waals surface area contributed by atoms with E-state index >= 15 is 0 Å². The number of thiazole rings is 1. The first-order valence-corrected chi connectivity index (χ1v) is 7.65. The van der Waals surface area contributed by atoms with Crippen LogP contribution >= 0.6 is 34.5 Å². The summed E-state index contributed by atoms with van der Waals surface area (Å²) >= 11 is 13.7. The molecule has 0 radical (unpaired) electrons. The molecule has 1 aliphatic rings. The SMILES string of the molecule is Clc1ccc(-c2ncsc2C2=CCCC=C2)cc1Cl. The van der Waals surface area contributed by atoms with Crippen LogP contribution in [0.3, 0.4) is 0 Å². The van der Waals surface area contributed by atoms with Crippen LogP contribution in [0.25, 0.3) is 16.8 Å². The highest BCUT2D eigenvalue weighted by Gasteiger charge is 2.13. The number of hydrogen-bond acceptors (Lipinski definition) is 2. The van der Waals surface area contributed by atoms with Crippen LogP contribution in [0.2, 0.25) is 10.0 Å². The highest BCUT2D eigenvalue weighted by molar-refractivity contribution is 7.11. The van der Waals surface area contributed by atoms with Crippen LogP contribution in [-0.2, 0) is 0 Å². The molecule has 3 rings (SSSR count). The Labute approximate surface area is 126 Å². The number of rotatable bonds is 2. The number of halogens is 2. The Balaban J connectivity index is 2.06.